The number of unbranched alkanes of at least 4 members (excludes halogenated alkanes) is 9. The predicted molar refractivity (Wildman–Crippen MR) is 193 cm³/mol. The van der Waals surface area contributed by atoms with E-state index in [-0.39, 0.29) is 19.0 Å². The molecule has 0 aliphatic rings. The molecule has 1 aromatic heterocycles. The van der Waals surface area contributed by atoms with Gasteiger partial charge in [0.2, 0.25) is 0 Å². The van der Waals surface area contributed by atoms with Crippen molar-refractivity contribution in [3.8, 4) is 45.4 Å². The van der Waals surface area contributed by atoms with E-state index in [1.54, 1.807) is 18.2 Å². The summed E-state index contributed by atoms with van der Waals surface area (Å²) in [5.74, 6) is 0.903. The minimum atomic E-state index is -0.752. The first-order valence-corrected chi connectivity index (χ1v) is 17.5. The summed E-state index contributed by atoms with van der Waals surface area (Å²) in [5, 5.41) is 21.5. The first-order chi connectivity index (χ1) is 22.7. The van der Waals surface area contributed by atoms with Gasteiger partial charge in [0.25, 0.3) is 0 Å². The molecule has 1 atom stereocenters. The topological polar surface area (TPSA) is 84.7 Å². The molecule has 0 bridgehead atoms. The molecule has 0 fully saturated rings. The maximum atomic E-state index is 11.1. The maximum Gasteiger partial charge on any atom is 0.164 e. The molecule has 4 aromatic rings. The second-order valence-corrected chi connectivity index (χ2v) is 13.0. The lowest BCUT2D eigenvalue weighted by Gasteiger charge is -2.15. The van der Waals surface area contributed by atoms with Gasteiger partial charge in [0, 0.05) is 23.8 Å². The van der Waals surface area contributed by atoms with E-state index in [4.69, 9.17) is 19.4 Å². The van der Waals surface area contributed by atoms with Crippen molar-refractivity contribution in [3.05, 3.63) is 82.9 Å². The molecular weight excluding hydrogens is 584 g/mol. The lowest BCUT2D eigenvalue weighted by atomic mass is 9.98. The number of phenolic OH excluding ortho intramolecular Hbond substituents is 1. The van der Waals surface area contributed by atoms with Gasteiger partial charge in [-0.3, -0.25) is 0 Å². The number of aliphatic hydroxyl groups is 1. The van der Waals surface area contributed by atoms with Gasteiger partial charge in [0.05, 0.1) is 23.6 Å². The summed E-state index contributed by atoms with van der Waals surface area (Å²) in [7, 11) is 0. The van der Waals surface area contributed by atoms with Crippen LogP contribution in [0.25, 0.3) is 33.9 Å². The van der Waals surface area contributed by atoms with Gasteiger partial charge >= 0.3 is 0 Å². The molecule has 3 aromatic carbocycles. The van der Waals surface area contributed by atoms with Gasteiger partial charge in [-0.2, -0.15) is 0 Å². The number of aromatic nitrogens is 2. The number of hydrogen-bond acceptors (Lipinski definition) is 6. The van der Waals surface area contributed by atoms with Gasteiger partial charge in [0.1, 0.15) is 24.2 Å². The highest BCUT2D eigenvalue weighted by Gasteiger charge is 2.16. The molecular formula is C41H54N2O4. The average molecular weight is 639 g/mol. The third-order valence-corrected chi connectivity index (χ3v) is 8.65. The summed E-state index contributed by atoms with van der Waals surface area (Å²) in [5.41, 5.74) is 8.77. The number of aromatic hydroxyl groups is 1. The lowest BCUT2D eigenvalue weighted by Crippen LogP contribution is -2.23. The van der Waals surface area contributed by atoms with E-state index in [0.29, 0.717) is 23.7 Å². The van der Waals surface area contributed by atoms with Gasteiger partial charge in [-0.1, -0.05) is 112 Å². The summed E-state index contributed by atoms with van der Waals surface area (Å²) in [6, 6.07) is 19.8. The molecule has 252 valence electrons. The van der Waals surface area contributed by atoms with Crippen LogP contribution in [0.3, 0.4) is 0 Å². The zero-order valence-corrected chi connectivity index (χ0v) is 29.1. The Kier molecular flexibility index (Phi) is 14.3. The Hall–Kier alpha value is -3.74. The number of ether oxygens (including phenoxy) is 2. The summed E-state index contributed by atoms with van der Waals surface area (Å²) in [6.45, 7) is 11.5. The van der Waals surface area contributed by atoms with Crippen LogP contribution in [0.5, 0.6) is 11.5 Å². The molecule has 0 spiro atoms. The smallest absolute Gasteiger partial charge is 0.164 e. The van der Waals surface area contributed by atoms with E-state index in [0.717, 1.165) is 46.5 Å². The number of phenols is 1. The molecule has 0 aliphatic heterocycles. The largest absolute Gasteiger partial charge is 0.507 e. The molecule has 6 nitrogen and oxygen atoms in total. The summed E-state index contributed by atoms with van der Waals surface area (Å²) < 4.78 is 11.5. The Bertz CT molecular complexity index is 1500. The Labute approximate surface area is 282 Å². The number of aryl methyl sites for hydroxylation is 4. The summed E-state index contributed by atoms with van der Waals surface area (Å²) in [6.07, 6.45) is 12.0. The highest BCUT2D eigenvalue weighted by molar-refractivity contribution is 5.76. The van der Waals surface area contributed by atoms with E-state index >= 15 is 0 Å². The highest BCUT2D eigenvalue weighted by Crippen LogP contribution is 2.35. The van der Waals surface area contributed by atoms with E-state index < -0.39 is 6.10 Å². The standard InChI is InChI=1S/C41H54N2O4/c1-6-7-8-9-10-11-12-13-14-15-22-46-27-33(44)28-47-34-18-21-37(40(45)25-34)41-42-38(35-19-16-29(2)23-31(35)4)26-39(43-41)36-20-17-30(3)24-32(36)5/h16-21,23-26,33,44-45H,6-15,22,27-28H2,1-5H3. The second kappa shape index (κ2) is 18.6. The van der Waals surface area contributed by atoms with Crippen molar-refractivity contribution in [3.63, 3.8) is 0 Å². The molecule has 6 heteroatoms. The molecule has 0 saturated carbocycles. The number of rotatable bonds is 19. The fraction of sp³-hybridized carbons (Fsp3) is 0.463. The zero-order chi connectivity index (χ0) is 33.6. The predicted octanol–water partition coefficient (Wildman–Crippen LogP) is 10.1. The highest BCUT2D eigenvalue weighted by atomic mass is 16.5. The van der Waals surface area contributed by atoms with Crippen molar-refractivity contribution in [1.82, 2.24) is 9.97 Å². The number of aliphatic hydroxyl groups excluding tert-OH is 1. The van der Waals surface area contributed by atoms with Crippen LogP contribution >= 0.6 is 0 Å². The monoisotopic (exact) mass is 638 g/mol. The minimum Gasteiger partial charge on any atom is -0.507 e. The molecule has 4 rings (SSSR count). The maximum absolute atomic E-state index is 11.1. The SMILES string of the molecule is CCCCCCCCCCCCOCC(O)COc1ccc(-c2nc(-c3ccc(C)cc3C)cc(-c3ccc(C)cc3C)n2)c(O)c1. The van der Waals surface area contributed by atoms with Crippen LogP contribution in [-0.4, -0.2) is 46.1 Å². The number of benzene rings is 3. The van der Waals surface area contributed by atoms with Gasteiger partial charge in [-0.15, -0.1) is 0 Å². The van der Waals surface area contributed by atoms with E-state index in [2.05, 4.69) is 71.0 Å². The normalized spacial score (nSPS) is 12.0. The third-order valence-electron chi connectivity index (χ3n) is 8.65. The average Bonchev–Trinajstić information content (AvgIpc) is 3.04. The Morgan fingerprint density at radius 1 is 0.617 bits per heavy atom. The molecule has 2 N–H and O–H groups in total. The van der Waals surface area contributed by atoms with Crippen LogP contribution in [0.4, 0.5) is 0 Å². The fourth-order valence-corrected chi connectivity index (χ4v) is 5.99. The first-order valence-electron chi connectivity index (χ1n) is 17.5. The van der Waals surface area contributed by atoms with Crippen LogP contribution in [0.1, 0.15) is 93.4 Å². The van der Waals surface area contributed by atoms with Crippen molar-refractivity contribution >= 4 is 0 Å². The van der Waals surface area contributed by atoms with Gasteiger partial charge in [-0.25, -0.2) is 9.97 Å². The number of nitrogens with zero attached hydrogens (tertiary/aromatic N) is 2. The van der Waals surface area contributed by atoms with Crippen molar-refractivity contribution < 1.29 is 19.7 Å². The van der Waals surface area contributed by atoms with E-state index in [1.807, 2.05) is 6.07 Å². The summed E-state index contributed by atoms with van der Waals surface area (Å²) in [4.78, 5) is 9.83. The zero-order valence-electron chi connectivity index (χ0n) is 29.1. The first kappa shape index (κ1) is 36.1. The molecule has 0 amide bonds. The van der Waals surface area contributed by atoms with Crippen LogP contribution in [0, 0.1) is 27.7 Å². The molecule has 47 heavy (non-hydrogen) atoms. The van der Waals surface area contributed by atoms with Crippen LogP contribution in [-0.2, 0) is 4.74 Å². The van der Waals surface area contributed by atoms with Gasteiger partial charge < -0.3 is 19.7 Å². The van der Waals surface area contributed by atoms with E-state index in [9.17, 15) is 10.2 Å². The van der Waals surface area contributed by atoms with Crippen LogP contribution in [0.15, 0.2) is 60.7 Å². The number of hydrogen-bond donors (Lipinski definition) is 2. The van der Waals surface area contributed by atoms with E-state index in [1.165, 1.54) is 62.5 Å². The molecule has 0 aliphatic carbocycles. The summed E-state index contributed by atoms with van der Waals surface area (Å²) >= 11 is 0. The Morgan fingerprint density at radius 2 is 1.15 bits per heavy atom. The van der Waals surface area contributed by atoms with Crippen molar-refractivity contribution in [2.75, 3.05) is 19.8 Å². The molecule has 1 heterocycles. The minimum absolute atomic E-state index is 0.0126. The van der Waals surface area contributed by atoms with Crippen molar-refractivity contribution in [2.24, 2.45) is 0 Å². The van der Waals surface area contributed by atoms with Crippen LogP contribution in [0.2, 0.25) is 0 Å². The quantitative estimate of drug-likeness (QED) is 0.0995. The van der Waals surface area contributed by atoms with Gasteiger partial charge in [-0.05, 0) is 63.4 Å². The van der Waals surface area contributed by atoms with Crippen molar-refractivity contribution in [2.45, 2.75) is 105 Å². The molecule has 1 unspecified atom stereocenters. The second-order valence-electron chi connectivity index (χ2n) is 13.0. The Morgan fingerprint density at radius 3 is 1.68 bits per heavy atom. The fourth-order valence-electron chi connectivity index (χ4n) is 5.99. The van der Waals surface area contributed by atoms with Crippen LogP contribution < -0.4 is 4.74 Å². The molecule has 0 radical (unpaired) electrons. The lowest BCUT2D eigenvalue weighted by molar-refractivity contribution is 0.0109. The Balaban J connectivity index is 1.35. The van der Waals surface area contributed by atoms with Crippen molar-refractivity contribution in [1.29, 1.82) is 0 Å². The van der Waals surface area contributed by atoms with Gasteiger partial charge in [0.15, 0.2) is 5.82 Å². The third kappa shape index (κ3) is 11.2. The molecule has 0 saturated heterocycles.